The third-order valence-corrected chi connectivity index (χ3v) is 4.20. The summed E-state index contributed by atoms with van der Waals surface area (Å²) in [6.07, 6.45) is 1.52. The van der Waals surface area contributed by atoms with E-state index in [0.29, 0.717) is 27.8 Å². The summed E-state index contributed by atoms with van der Waals surface area (Å²) in [5, 5.41) is 6.66. The normalized spacial score (nSPS) is 10.3. The molecule has 0 saturated heterocycles. The molecular formula is C20H18ClN3O2. The number of benzene rings is 2. The number of carbonyl (C=O) groups is 1. The zero-order valence-corrected chi connectivity index (χ0v) is 15.2. The summed E-state index contributed by atoms with van der Waals surface area (Å²) >= 11 is 6.12. The van der Waals surface area contributed by atoms with Crippen LogP contribution in [0.25, 0.3) is 0 Å². The zero-order valence-electron chi connectivity index (χ0n) is 14.4. The second-order valence-electron chi connectivity index (χ2n) is 5.71. The standard InChI is InChI=1S/C20H18ClN3O2/c1-13-6-8-16(11-18(13)21)23-19-9-7-14(12-22-19)20(25)24-15-4-3-5-17(10-15)26-2/h3-12H,1-2H3,(H,22,23)(H,24,25). The SMILES string of the molecule is COc1cccc(NC(=O)c2ccc(Nc3ccc(C)c(Cl)c3)nc2)c1. The monoisotopic (exact) mass is 367 g/mol. The van der Waals surface area contributed by atoms with Crippen LogP contribution in [0.1, 0.15) is 15.9 Å². The second-order valence-corrected chi connectivity index (χ2v) is 6.11. The summed E-state index contributed by atoms with van der Waals surface area (Å²) in [6.45, 7) is 1.94. The number of ether oxygens (including phenoxy) is 1. The van der Waals surface area contributed by atoms with Gasteiger partial charge in [-0.3, -0.25) is 4.79 Å². The molecule has 0 aliphatic heterocycles. The maximum absolute atomic E-state index is 12.3. The van der Waals surface area contributed by atoms with E-state index < -0.39 is 0 Å². The van der Waals surface area contributed by atoms with Crippen molar-refractivity contribution < 1.29 is 9.53 Å². The molecule has 0 atom stereocenters. The van der Waals surface area contributed by atoms with E-state index in [1.165, 1.54) is 6.20 Å². The van der Waals surface area contributed by atoms with Crippen LogP contribution in [0.5, 0.6) is 5.75 Å². The van der Waals surface area contributed by atoms with Crippen molar-refractivity contribution in [2.75, 3.05) is 17.7 Å². The van der Waals surface area contributed by atoms with E-state index in [4.69, 9.17) is 16.3 Å². The van der Waals surface area contributed by atoms with Gasteiger partial charge in [-0.2, -0.15) is 0 Å². The van der Waals surface area contributed by atoms with Crippen molar-refractivity contribution in [1.29, 1.82) is 0 Å². The molecule has 26 heavy (non-hydrogen) atoms. The first kappa shape index (κ1) is 17.8. The molecule has 0 spiro atoms. The van der Waals surface area contributed by atoms with Gasteiger partial charge in [-0.1, -0.05) is 23.7 Å². The van der Waals surface area contributed by atoms with Crippen LogP contribution in [0.15, 0.2) is 60.8 Å². The van der Waals surface area contributed by atoms with E-state index >= 15 is 0 Å². The minimum absolute atomic E-state index is 0.240. The fourth-order valence-corrected chi connectivity index (χ4v) is 2.51. The van der Waals surface area contributed by atoms with Crippen molar-refractivity contribution in [2.24, 2.45) is 0 Å². The van der Waals surface area contributed by atoms with Crippen molar-refractivity contribution in [3.8, 4) is 5.75 Å². The minimum Gasteiger partial charge on any atom is -0.497 e. The number of rotatable bonds is 5. The molecule has 0 aliphatic rings. The lowest BCUT2D eigenvalue weighted by atomic mass is 10.2. The molecule has 0 saturated carbocycles. The molecule has 1 heterocycles. The number of pyridine rings is 1. The van der Waals surface area contributed by atoms with Gasteiger partial charge in [0.1, 0.15) is 11.6 Å². The van der Waals surface area contributed by atoms with Gasteiger partial charge in [-0.15, -0.1) is 0 Å². The number of nitrogens with zero attached hydrogens (tertiary/aromatic N) is 1. The average molecular weight is 368 g/mol. The van der Waals surface area contributed by atoms with E-state index in [9.17, 15) is 4.79 Å². The third-order valence-electron chi connectivity index (χ3n) is 3.80. The van der Waals surface area contributed by atoms with Crippen molar-refractivity contribution in [3.63, 3.8) is 0 Å². The first-order valence-electron chi connectivity index (χ1n) is 8.00. The molecular weight excluding hydrogens is 350 g/mol. The van der Waals surface area contributed by atoms with Crippen LogP contribution in [0, 0.1) is 6.92 Å². The van der Waals surface area contributed by atoms with E-state index in [0.717, 1.165) is 11.3 Å². The van der Waals surface area contributed by atoms with Crippen LogP contribution >= 0.6 is 11.6 Å². The fraction of sp³-hybridized carbons (Fsp3) is 0.100. The predicted octanol–water partition coefficient (Wildman–Crippen LogP) is 5.05. The minimum atomic E-state index is -0.240. The number of amides is 1. The van der Waals surface area contributed by atoms with Crippen molar-refractivity contribution >= 4 is 34.7 Å². The third kappa shape index (κ3) is 4.32. The highest BCUT2D eigenvalue weighted by Gasteiger charge is 2.08. The Bertz CT molecular complexity index is 927. The van der Waals surface area contributed by atoms with Crippen LogP contribution in [0.2, 0.25) is 5.02 Å². The van der Waals surface area contributed by atoms with Gasteiger partial charge in [0, 0.05) is 28.7 Å². The Kier molecular flexibility index (Phi) is 5.39. The first-order valence-corrected chi connectivity index (χ1v) is 8.37. The highest BCUT2D eigenvalue weighted by atomic mass is 35.5. The topological polar surface area (TPSA) is 63.2 Å². The summed E-state index contributed by atoms with van der Waals surface area (Å²) in [7, 11) is 1.58. The number of methoxy groups -OCH3 is 1. The molecule has 3 aromatic rings. The number of halogens is 1. The molecule has 0 bridgehead atoms. The number of hydrogen-bond donors (Lipinski definition) is 2. The van der Waals surface area contributed by atoms with Gasteiger partial charge in [0.05, 0.1) is 12.7 Å². The molecule has 0 unspecified atom stereocenters. The van der Waals surface area contributed by atoms with Gasteiger partial charge in [-0.05, 0) is 48.9 Å². The van der Waals surface area contributed by atoms with Gasteiger partial charge < -0.3 is 15.4 Å². The summed E-state index contributed by atoms with van der Waals surface area (Å²) in [4.78, 5) is 16.6. The Hall–Kier alpha value is -3.05. The summed E-state index contributed by atoms with van der Waals surface area (Å²) in [5.41, 5.74) is 2.96. The van der Waals surface area contributed by atoms with Crippen LogP contribution in [-0.2, 0) is 0 Å². The van der Waals surface area contributed by atoms with Gasteiger partial charge in [-0.25, -0.2) is 4.98 Å². The Morgan fingerprint density at radius 3 is 2.62 bits per heavy atom. The molecule has 132 valence electrons. The molecule has 1 aromatic heterocycles. The molecule has 3 rings (SSSR count). The molecule has 0 fully saturated rings. The second kappa shape index (κ2) is 7.89. The molecule has 6 heteroatoms. The van der Waals surface area contributed by atoms with Crippen LogP contribution in [-0.4, -0.2) is 18.0 Å². The number of nitrogens with one attached hydrogen (secondary N) is 2. The lowest BCUT2D eigenvalue weighted by molar-refractivity contribution is 0.102. The van der Waals surface area contributed by atoms with Gasteiger partial charge in [0.25, 0.3) is 5.91 Å². The molecule has 1 amide bonds. The summed E-state index contributed by atoms with van der Waals surface area (Å²) in [5.74, 6) is 1.07. The maximum Gasteiger partial charge on any atom is 0.257 e. The predicted molar refractivity (Wildman–Crippen MR) is 105 cm³/mol. The van der Waals surface area contributed by atoms with E-state index in [2.05, 4.69) is 15.6 Å². The highest BCUT2D eigenvalue weighted by Crippen LogP contribution is 2.23. The lowest BCUT2D eigenvalue weighted by Crippen LogP contribution is -2.12. The summed E-state index contributed by atoms with van der Waals surface area (Å²) < 4.78 is 5.15. The van der Waals surface area contributed by atoms with Crippen LogP contribution in [0.3, 0.4) is 0 Å². The van der Waals surface area contributed by atoms with Gasteiger partial charge in [0.15, 0.2) is 0 Å². The highest BCUT2D eigenvalue weighted by molar-refractivity contribution is 6.31. The summed E-state index contributed by atoms with van der Waals surface area (Å²) in [6, 6.07) is 16.3. The molecule has 2 aromatic carbocycles. The maximum atomic E-state index is 12.3. The quantitative estimate of drug-likeness (QED) is 0.662. The Balaban J connectivity index is 1.68. The number of carbonyl (C=O) groups excluding carboxylic acids is 1. The smallest absolute Gasteiger partial charge is 0.257 e. The van der Waals surface area contributed by atoms with Gasteiger partial charge in [0.2, 0.25) is 0 Å². The zero-order chi connectivity index (χ0) is 18.5. The Labute approximate surface area is 157 Å². The van der Waals surface area contributed by atoms with E-state index in [1.54, 1.807) is 31.4 Å². The largest absolute Gasteiger partial charge is 0.497 e. The lowest BCUT2D eigenvalue weighted by Gasteiger charge is -2.09. The fourth-order valence-electron chi connectivity index (χ4n) is 2.32. The number of hydrogen-bond acceptors (Lipinski definition) is 4. The number of aromatic nitrogens is 1. The van der Waals surface area contributed by atoms with E-state index in [1.807, 2.05) is 37.3 Å². The molecule has 2 N–H and O–H groups in total. The van der Waals surface area contributed by atoms with Crippen molar-refractivity contribution in [1.82, 2.24) is 4.98 Å². The molecule has 0 aliphatic carbocycles. The molecule has 5 nitrogen and oxygen atoms in total. The number of aryl methyl sites for hydroxylation is 1. The van der Waals surface area contributed by atoms with Crippen LogP contribution < -0.4 is 15.4 Å². The van der Waals surface area contributed by atoms with Gasteiger partial charge >= 0.3 is 0 Å². The molecule has 0 radical (unpaired) electrons. The number of anilines is 3. The van der Waals surface area contributed by atoms with E-state index in [-0.39, 0.29) is 5.91 Å². The average Bonchev–Trinajstić information content (AvgIpc) is 2.65. The van der Waals surface area contributed by atoms with Crippen molar-refractivity contribution in [2.45, 2.75) is 6.92 Å². The van der Waals surface area contributed by atoms with Crippen LogP contribution in [0.4, 0.5) is 17.2 Å². The van der Waals surface area contributed by atoms with Crippen molar-refractivity contribution in [3.05, 3.63) is 76.9 Å². The first-order chi connectivity index (χ1) is 12.5. The Morgan fingerprint density at radius 2 is 1.92 bits per heavy atom. The Morgan fingerprint density at radius 1 is 1.08 bits per heavy atom.